The number of esters is 1. The summed E-state index contributed by atoms with van der Waals surface area (Å²) < 4.78 is 5.16. The average Bonchev–Trinajstić information content (AvgIpc) is 2.71. The van der Waals surface area contributed by atoms with Crippen LogP contribution in [0.15, 0.2) is 54.1 Å². The molecule has 2 rings (SSSR count). The number of hydrogen-bond acceptors (Lipinski definition) is 2. The minimum absolute atomic E-state index is 0.209. The number of ether oxygens (including phenoxy) is 1. The minimum atomic E-state index is -0.209. The van der Waals surface area contributed by atoms with E-state index in [9.17, 15) is 4.79 Å². The first-order valence-corrected chi connectivity index (χ1v) is 4.96. The highest BCUT2D eigenvalue weighted by molar-refractivity contribution is 5.76. The third-order valence-corrected chi connectivity index (χ3v) is 2.17. The molecule has 0 amide bonds. The molecule has 1 aliphatic rings. The number of para-hydroxylation sites is 1. The molecule has 0 atom stereocenters. The number of rotatable bonds is 3. The Morgan fingerprint density at radius 3 is 2.73 bits per heavy atom. The van der Waals surface area contributed by atoms with Crippen LogP contribution in [-0.4, -0.2) is 5.97 Å². The molecule has 0 aromatic heterocycles. The van der Waals surface area contributed by atoms with Gasteiger partial charge in [-0.1, -0.05) is 36.4 Å². The standard InChI is InChI=1S/C13H12O2/c14-13(10-11-6-4-5-7-11)15-12-8-2-1-3-9-12/h1-4,6-9H,5,10H2. The van der Waals surface area contributed by atoms with Gasteiger partial charge in [-0.3, -0.25) is 4.79 Å². The van der Waals surface area contributed by atoms with Gasteiger partial charge in [-0.25, -0.2) is 0 Å². The second kappa shape index (κ2) is 4.60. The van der Waals surface area contributed by atoms with Crippen LogP contribution in [0, 0.1) is 0 Å². The zero-order chi connectivity index (χ0) is 10.5. The molecular formula is C13H12O2. The predicted molar refractivity (Wildman–Crippen MR) is 58.5 cm³/mol. The fraction of sp³-hybridized carbons (Fsp3) is 0.154. The van der Waals surface area contributed by atoms with Crippen LogP contribution in [0.2, 0.25) is 0 Å². The van der Waals surface area contributed by atoms with Gasteiger partial charge in [-0.05, 0) is 24.1 Å². The van der Waals surface area contributed by atoms with Crippen molar-refractivity contribution in [1.29, 1.82) is 0 Å². The molecule has 76 valence electrons. The fourth-order valence-electron chi connectivity index (χ4n) is 1.46. The summed E-state index contributed by atoms with van der Waals surface area (Å²) in [7, 11) is 0. The van der Waals surface area contributed by atoms with E-state index in [4.69, 9.17) is 4.74 Å². The Morgan fingerprint density at radius 2 is 2.07 bits per heavy atom. The Balaban J connectivity index is 1.90. The molecule has 2 heteroatoms. The third-order valence-electron chi connectivity index (χ3n) is 2.17. The molecule has 0 heterocycles. The van der Waals surface area contributed by atoms with Crippen molar-refractivity contribution in [3.8, 4) is 5.75 Å². The van der Waals surface area contributed by atoms with Gasteiger partial charge in [0.2, 0.25) is 0 Å². The lowest BCUT2D eigenvalue weighted by atomic mass is 10.2. The second-order valence-electron chi connectivity index (χ2n) is 3.38. The van der Waals surface area contributed by atoms with Gasteiger partial charge in [-0.15, -0.1) is 0 Å². The maximum Gasteiger partial charge on any atom is 0.315 e. The lowest BCUT2D eigenvalue weighted by molar-refractivity contribution is -0.133. The van der Waals surface area contributed by atoms with E-state index in [0.29, 0.717) is 12.2 Å². The molecule has 0 bridgehead atoms. The van der Waals surface area contributed by atoms with E-state index in [0.717, 1.165) is 12.0 Å². The first-order chi connectivity index (χ1) is 7.34. The molecule has 15 heavy (non-hydrogen) atoms. The fourth-order valence-corrected chi connectivity index (χ4v) is 1.46. The number of benzene rings is 1. The topological polar surface area (TPSA) is 26.3 Å². The number of carbonyl (C=O) groups is 1. The molecule has 0 saturated heterocycles. The number of hydrogen-bond donors (Lipinski definition) is 0. The summed E-state index contributed by atoms with van der Waals surface area (Å²) in [5.41, 5.74) is 1.04. The number of carbonyl (C=O) groups excluding carboxylic acids is 1. The minimum Gasteiger partial charge on any atom is -0.426 e. The van der Waals surface area contributed by atoms with Crippen molar-refractivity contribution in [1.82, 2.24) is 0 Å². The van der Waals surface area contributed by atoms with E-state index in [1.807, 2.05) is 36.4 Å². The molecule has 0 unspecified atom stereocenters. The van der Waals surface area contributed by atoms with Gasteiger partial charge < -0.3 is 4.74 Å². The van der Waals surface area contributed by atoms with Gasteiger partial charge in [0.1, 0.15) is 5.75 Å². The van der Waals surface area contributed by atoms with Gasteiger partial charge in [0.05, 0.1) is 6.42 Å². The van der Waals surface area contributed by atoms with Gasteiger partial charge >= 0.3 is 5.97 Å². The quantitative estimate of drug-likeness (QED) is 0.554. The highest BCUT2D eigenvalue weighted by Gasteiger charge is 2.07. The summed E-state index contributed by atoms with van der Waals surface area (Å²) >= 11 is 0. The zero-order valence-electron chi connectivity index (χ0n) is 8.35. The van der Waals surface area contributed by atoms with Crippen LogP contribution in [0.4, 0.5) is 0 Å². The SMILES string of the molecule is O=C(CC1=CCC=C1)Oc1ccccc1. The van der Waals surface area contributed by atoms with Crippen molar-refractivity contribution in [2.24, 2.45) is 0 Å². The van der Waals surface area contributed by atoms with Crippen LogP contribution >= 0.6 is 0 Å². The lowest BCUT2D eigenvalue weighted by Crippen LogP contribution is -2.07. The maximum atomic E-state index is 11.5. The molecule has 0 N–H and O–H groups in total. The Morgan fingerprint density at radius 1 is 1.27 bits per heavy atom. The van der Waals surface area contributed by atoms with Crippen LogP contribution in [0.3, 0.4) is 0 Å². The molecule has 1 aromatic rings. The molecule has 1 aromatic carbocycles. The van der Waals surface area contributed by atoms with Crippen LogP contribution in [0.5, 0.6) is 5.75 Å². The summed E-state index contributed by atoms with van der Waals surface area (Å²) in [5.74, 6) is 0.393. The largest absolute Gasteiger partial charge is 0.426 e. The maximum absolute atomic E-state index is 11.5. The normalized spacial score (nSPS) is 13.7. The summed E-state index contributed by atoms with van der Waals surface area (Å²) in [6, 6.07) is 9.13. The van der Waals surface area contributed by atoms with E-state index in [1.54, 1.807) is 12.1 Å². The van der Waals surface area contributed by atoms with E-state index < -0.39 is 0 Å². The lowest BCUT2D eigenvalue weighted by Gasteiger charge is -2.03. The molecule has 1 aliphatic carbocycles. The highest BCUT2D eigenvalue weighted by Crippen LogP contribution is 2.15. The Hall–Kier alpha value is -1.83. The van der Waals surface area contributed by atoms with Gasteiger partial charge in [0, 0.05) is 0 Å². The van der Waals surface area contributed by atoms with Crippen molar-refractivity contribution < 1.29 is 9.53 Å². The van der Waals surface area contributed by atoms with Crippen molar-refractivity contribution >= 4 is 5.97 Å². The summed E-state index contributed by atoms with van der Waals surface area (Å²) in [5, 5.41) is 0. The highest BCUT2D eigenvalue weighted by atomic mass is 16.5. The Bertz CT molecular complexity index is 402. The van der Waals surface area contributed by atoms with Gasteiger partial charge in [0.15, 0.2) is 0 Å². The molecule has 0 fully saturated rings. The van der Waals surface area contributed by atoms with Crippen LogP contribution in [-0.2, 0) is 4.79 Å². The average molecular weight is 200 g/mol. The third kappa shape index (κ3) is 2.81. The summed E-state index contributed by atoms with van der Waals surface area (Å²) in [6.45, 7) is 0. The molecular weight excluding hydrogens is 188 g/mol. The van der Waals surface area contributed by atoms with E-state index >= 15 is 0 Å². The summed E-state index contributed by atoms with van der Waals surface area (Å²) in [4.78, 5) is 11.5. The van der Waals surface area contributed by atoms with E-state index in [2.05, 4.69) is 0 Å². The molecule has 0 saturated carbocycles. The smallest absolute Gasteiger partial charge is 0.315 e. The Kier molecular flexibility index (Phi) is 2.98. The second-order valence-corrected chi connectivity index (χ2v) is 3.38. The molecule has 0 spiro atoms. The van der Waals surface area contributed by atoms with Crippen LogP contribution in [0.25, 0.3) is 0 Å². The van der Waals surface area contributed by atoms with Crippen molar-refractivity contribution in [3.63, 3.8) is 0 Å². The van der Waals surface area contributed by atoms with Crippen LogP contribution < -0.4 is 4.74 Å². The van der Waals surface area contributed by atoms with E-state index in [1.165, 1.54) is 0 Å². The van der Waals surface area contributed by atoms with Gasteiger partial charge in [-0.2, -0.15) is 0 Å². The Labute approximate surface area is 88.9 Å². The van der Waals surface area contributed by atoms with E-state index in [-0.39, 0.29) is 5.97 Å². The zero-order valence-corrected chi connectivity index (χ0v) is 8.35. The predicted octanol–water partition coefficient (Wildman–Crippen LogP) is 2.87. The summed E-state index contributed by atoms with van der Waals surface area (Å²) in [6.07, 6.45) is 7.31. The molecule has 0 radical (unpaired) electrons. The van der Waals surface area contributed by atoms with Crippen molar-refractivity contribution in [2.45, 2.75) is 12.8 Å². The van der Waals surface area contributed by atoms with Crippen molar-refractivity contribution in [2.75, 3.05) is 0 Å². The molecule has 0 aliphatic heterocycles. The first kappa shape index (κ1) is 9.71. The molecule has 2 nitrogen and oxygen atoms in total. The first-order valence-electron chi connectivity index (χ1n) is 4.96. The van der Waals surface area contributed by atoms with Crippen LogP contribution in [0.1, 0.15) is 12.8 Å². The number of allylic oxidation sites excluding steroid dienone is 3. The van der Waals surface area contributed by atoms with Crippen molar-refractivity contribution in [3.05, 3.63) is 54.1 Å². The monoisotopic (exact) mass is 200 g/mol. The van der Waals surface area contributed by atoms with Gasteiger partial charge in [0.25, 0.3) is 0 Å².